The molecule has 8 heteroatoms. The zero-order valence-electron chi connectivity index (χ0n) is 9.71. The fourth-order valence-corrected chi connectivity index (χ4v) is 1.47. The highest BCUT2D eigenvalue weighted by Gasteiger charge is 2.31. The van der Waals surface area contributed by atoms with E-state index in [1.54, 1.807) is 6.92 Å². The molecule has 0 radical (unpaired) electrons. The van der Waals surface area contributed by atoms with Crippen molar-refractivity contribution >= 4 is 5.82 Å². The van der Waals surface area contributed by atoms with Crippen LogP contribution >= 0.6 is 0 Å². The first-order valence-electron chi connectivity index (χ1n) is 5.45. The Bertz CT molecular complexity index is 445. The van der Waals surface area contributed by atoms with E-state index in [-0.39, 0.29) is 11.8 Å². The van der Waals surface area contributed by atoms with Gasteiger partial charge >= 0.3 is 6.18 Å². The number of nitrogens with one attached hydrogen (secondary N) is 1. The summed E-state index contributed by atoms with van der Waals surface area (Å²) in [5, 5.41) is 0. The number of anilines is 1. The fourth-order valence-electron chi connectivity index (χ4n) is 1.47. The van der Waals surface area contributed by atoms with Crippen molar-refractivity contribution in [1.82, 2.24) is 9.97 Å². The van der Waals surface area contributed by atoms with Gasteiger partial charge in [-0.1, -0.05) is 0 Å². The lowest BCUT2D eigenvalue weighted by Gasteiger charge is -2.13. The van der Waals surface area contributed by atoms with Gasteiger partial charge in [-0.15, -0.1) is 0 Å². The van der Waals surface area contributed by atoms with Crippen LogP contribution in [0.4, 0.5) is 19.0 Å². The summed E-state index contributed by atoms with van der Waals surface area (Å²) in [6, 6.07) is 0. The maximum atomic E-state index is 12.1. The van der Waals surface area contributed by atoms with Crippen molar-refractivity contribution in [3.8, 4) is 5.88 Å². The van der Waals surface area contributed by atoms with Gasteiger partial charge in [0.05, 0.1) is 5.56 Å². The summed E-state index contributed by atoms with van der Waals surface area (Å²) in [6.07, 6.45) is -2.52. The van der Waals surface area contributed by atoms with Gasteiger partial charge in [-0.05, 0) is 19.8 Å². The van der Waals surface area contributed by atoms with E-state index in [0.29, 0.717) is 17.2 Å². The quantitative estimate of drug-likeness (QED) is 0.640. The van der Waals surface area contributed by atoms with Gasteiger partial charge in [0.1, 0.15) is 11.6 Å². The van der Waals surface area contributed by atoms with E-state index in [4.69, 9.17) is 10.6 Å². The van der Waals surface area contributed by atoms with Crippen molar-refractivity contribution in [1.29, 1.82) is 0 Å². The molecule has 18 heavy (non-hydrogen) atoms. The molecule has 0 aliphatic heterocycles. The number of rotatable bonds is 4. The molecule has 5 nitrogen and oxygen atoms in total. The Morgan fingerprint density at radius 2 is 2.06 bits per heavy atom. The first-order chi connectivity index (χ1) is 8.40. The molecule has 0 bridgehead atoms. The number of nitrogens with zero attached hydrogens (tertiary/aromatic N) is 2. The van der Waals surface area contributed by atoms with E-state index < -0.39 is 12.8 Å². The second-order valence-electron chi connectivity index (χ2n) is 4.18. The highest BCUT2D eigenvalue weighted by Crippen LogP contribution is 2.39. The molecular formula is C10H13F3N4O. The average Bonchev–Trinajstić information content (AvgIpc) is 3.10. The van der Waals surface area contributed by atoms with Crippen LogP contribution in [0.15, 0.2) is 0 Å². The molecule has 0 atom stereocenters. The van der Waals surface area contributed by atoms with Crippen LogP contribution in [0.25, 0.3) is 0 Å². The van der Waals surface area contributed by atoms with E-state index in [1.165, 1.54) is 0 Å². The minimum Gasteiger partial charge on any atom is -0.468 e. The Hall–Kier alpha value is -1.57. The number of hydrogen-bond donors (Lipinski definition) is 2. The number of aromatic nitrogens is 2. The van der Waals surface area contributed by atoms with Crippen LogP contribution in [-0.2, 0) is 0 Å². The van der Waals surface area contributed by atoms with Gasteiger partial charge in [0.15, 0.2) is 6.61 Å². The molecule has 2 rings (SSSR count). The minimum atomic E-state index is -4.40. The van der Waals surface area contributed by atoms with Gasteiger partial charge in [-0.2, -0.15) is 18.2 Å². The summed E-state index contributed by atoms with van der Waals surface area (Å²) in [4.78, 5) is 8.17. The summed E-state index contributed by atoms with van der Waals surface area (Å²) < 4.78 is 41.0. The first-order valence-corrected chi connectivity index (χ1v) is 5.45. The molecule has 1 aliphatic carbocycles. The van der Waals surface area contributed by atoms with Crippen LogP contribution in [0.3, 0.4) is 0 Å². The monoisotopic (exact) mass is 262 g/mol. The van der Waals surface area contributed by atoms with Gasteiger partial charge in [0, 0.05) is 5.92 Å². The standard InChI is InChI=1S/C10H13F3N4O/c1-5-7(17-14)15-8(6-2-3-6)16-9(5)18-4-10(11,12)13/h6H,2-4,14H2,1H3,(H,15,16,17). The Balaban J connectivity index is 2.24. The minimum absolute atomic E-state index is 0.0721. The third-order valence-corrected chi connectivity index (χ3v) is 2.57. The molecule has 0 saturated heterocycles. The molecule has 0 spiro atoms. The highest BCUT2D eigenvalue weighted by atomic mass is 19.4. The Morgan fingerprint density at radius 1 is 1.39 bits per heavy atom. The van der Waals surface area contributed by atoms with E-state index in [1.807, 2.05) is 0 Å². The molecule has 0 amide bonds. The van der Waals surface area contributed by atoms with Gasteiger partial charge in [0.2, 0.25) is 5.88 Å². The maximum Gasteiger partial charge on any atom is 0.422 e. The number of nitrogen functional groups attached to an aromatic ring is 1. The van der Waals surface area contributed by atoms with Crippen molar-refractivity contribution in [2.45, 2.75) is 31.9 Å². The van der Waals surface area contributed by atoms with Crippen LogP contribution in [0.2, 0.25) is 0 Å². The zero-order chi connectivity index (χ0) is 13.3. The molecule has 0 aromatic carbocycles. The fraction of sp³-hybridized carbons (Fsp3) is 0.600. The molecule has 1 fully saturated rings. The van der Waals surface area contributed by atoms with Crippen LogP contribution in [0, 0.1) is 6.92 Å². The largest absolute Gasteiger partial charge is 0.468 e. The number of hydrogen-bond acceptors (Lipinski definition) is 5. The average molecular weight is 262 g/mol. The van der Waals surface area contributed by atoms with Crippen molar-refractivity contribution < 1.29 is 17.9 Å². The smallest absolute Gasteiger partial charge is 0.422 e. The maximum absolute atomic E-state index is 12.1. The van der Waals surface area contributed by atoms with Crippen LogP contribution < -0.4 is 16.0 Å². The molecule has 1 heterocycles. The summed E-state index contributed by atoms with van der Waals surface area (Å²) in [5.41, 5.74) is 2.71. The van der Waals surface area contributed by atoms with Crippen molar-refractivity contribution in [2.75, 3.05) is 12.0 Å². The number of hydrazine groups is 1. The van der Waals surface area contributed by atoms with Gasteiger partial charge in [-0.3, -0.25) is 0 Å². The van der Waals surface area contributed by atoms with Crippen LogP contribution in [0.1, 0.15) is 30.1 Å². The van der Waals surface area contributed by atoms with E-state index in [2.05, 4.69) is 15.4 Å². The summed E-state index contributed by atoms with van der Waals surface area (Å²) in [6.45, 7) is 0.177. The lowest BCUT2D eigenvalue weighted by molar-refractivity contribution is -0.154. The zero-order valence-corrected chi connectivity index (χ0v) is 9.71. The summed E-state index contributed by atoms with van der Waals surface area (Å²) in [5.74, 6) is 6.17. The third-order valence-electron chi connectivity index (χ3n) is 2.57. The lowest BCUT2D eigenvalue weighted by Crippen LogP contribution is -2.21. The predicted molar refractivity (Wildman–Crippen MR) is 58.1 cm³/mol. The van der Waals surface area contributed by atoms with Gasteiger partial charge in [0.25, 0.3) is 0 Å². The van der Waals surface area contributed by atoms with Crippen molar-refractivity contribution in [3.05, 3.63) is 11.4 Å². The SMILES string of the molecule is Cc1c(NN)nc(C2CC2)nc1OCC(F)(F)F. The number of alkyl halides is 3. The van der Waals surface area contributed by atoms with E-state index in [9.17, 15) is 13.2 Å². The molecule has 1 aromatic heterocycles. The second-order valence-corrected chi connectivity index (χ2v) is 4.18. The van der Waals surface area contributed by atoms with Crippen molar-refractivity contribution in [3.63, 3.8) is 0 Å². The molecule has 1 aromatic rings. The molecule has 1 aliphatic rings. The number of halogens is 3. The first kappa shape index (κ1) is 12.9. The Morgan fingerprint density at radius 3 is 2.56 bits per heavy atom. The third kappa shape index (κ3) is 3.00. The Labute approximate surface area is 102 Å². The van der Waals surface area contributed by atoms with Gasteiger partial charge in [-0.25, -0.2) is 10.8 Å². The van der Waals surface area contributed by atoms with E-state index >= 15 is 0 Å². The predicted octanol–water partition coefficient (Wildman–Crippen LogP) is 1.89. The summed E-state index contributed by atoms with van der Waals surface area (Å²) >= 11 is 0. The molecule has 100 valence electrons. The van der Waals surface area contributed by atoms with Crippen LogP contribution in [0.5, 0.6) is 5.88 Å². The molecule has 1 saturated carbocycles. The van der Waals surface area contributed by atoms with Crippen LogP contribution in [-0.4, -0.2) is 22.8 Å². The normalized spacial score (nSPS) is 15.6. The topological polar surface area (TPSA) is 73.1 Å². The second kappa shape index (κ2) is 4.60. The molecule has 0 unspecified atom stereocenters. The number of nitrogens with two attached hydrogens (primary N) is 1. The summed E-state index contributed by atoms with van der Waals surface area (Å²) in [7, 11) is 0. The van der Waals surface area contributed by atoms with E-state index in [0.717, 1.165) is 12.8 Å². The highest BCUT2D eigenvalue weighted by molar-refractivity contribution is 5.48. The van der Waals surface area contributed by atoms with Crippen molar-refractivity contribution in [2.24, 2.45) is 5.84 Å². The molecular weight excluding hydrogens is 249 g/mol. The Kier molecular flexibility index (Phi) is 3.29. The molecule has 3 N–H and O–H groups in total. The lowest BCUT2D eigenvalue weighted by atomic mass is 10.3. The number of ether oxygens (including phenoxy) is 1. The van der Waals surface area contributed by atoms with Gasteiger partial charge < -0.3 is 10.2 Å².